The Hall–Kier alpha value is -0.900. The van der Waals surface area contributed by atoms with Crippen molar-refractivity contribution < 1.29 is 9.59 Å². The molecule has 1 saturated carbocycles. The number of rotatable bonds is 3. The number of hydrogen-bond donors (Lipinski definition) is 0. The van der Waals surface area contributed by atoms with Crippen LogP contribution in [0.2, 0.25) is 0 Å². The van der Waals surface area contributed by atoms with E-state index in [2.05, 4.69) is 0 Å². The second-order valence-electron chi connectivity index (χ2n) is 3.65. The van der Waals surface area contributed by atoms with Crippen LogP contribution in [0.1, 0.15) is 25.7 Å². The Kier molecular flexibility index (Phi) is 2.31. The Bertz CT molecular complexity index is 226. The summed E-state index contributed by atoms with van der Waals surface area (Å²) in [5, 5.41) is 3.69. The molecular weight excluding hydrogens is 168 g/mol. The first kappa shape index (κ1) is 8.69. The van der Waals surface area contributed by atoms with E-state index in [0.717, 1.165) is 32.1 Å². The van der Waals surface area contributed by atoms with Crippen LogP contribution in [0.5, 0.6) is 0 Å². The summed E-state index contributed by atoms with van der Waals surface area (Å²) < 4.78 is 0. The second-order valence-corrected chi connectivity index (χ2v) is 3.65. The van der Waals surface area contributed by atoms with Crippen molar-refractivity contribution in [1.82, 2.24) is 10.0 Å². The minimum atomic E-state index is 0.190. The van der Waals surface area contributed by atoms with Gasteiger partial charge < -0.3 is 4.79 Å². The lowest BCUT2D eigenvalue weighted by Gasteiger charge is -2.37. The zero-order valence-electron chi connectivity index (χ0n) is 7.61. The van der Waals surface area contributed by atoms with E-state index < -0.39 is 0 Å². The molecule has 0 spiro atoms. The van der Waals surface area contributed by atoms with Gasteiger partial charge in [0.15, 0.2) is 0 Å². The summed E-state index contributed by atoms with van der Waals surface area (Å²) in [5.41, 5.74) is 0. The molecule has 0 bridgehead atoms. The molecule has 4 heteroatoms. The first-order valence-corrected chi connectivity index (χ1v) is 4.83. The van der Waals surface area contributed by atoms with Crippen LogP contribution in [0.4, 0.5) is 0 Å². The standard InChI is InChI=1S/C9H14N2O2/c12-7-6-10-5-1-2-9(13)11(10)8-3-4-8/h7-8H,1-6H2. The third kappa shape index (κ3) is 1.72. The van der Waals surface area contributed by atoms with Crippen LogP contribution in [-0.2, 0) is 9.59 Å². The second kappa shape index (κ2) is 3.46. The van der Waals surface area contributed by atoms with Crippen molar-refractivity contribution in [3.63, 3.8) is 0 Å². The average Bonchev–Trinajstić information content (AvgIpc) is 2.88. The number of nitrogens with zero attached hydrogens (tertiary/aromatic N) is 2. The summed E-state index contributed by atoms with van der Waals surface area (Å²) >= 11 is 0. The Morgan fingerprint density at radius 2 is 2.23 bits per heavy atom. The molecular formula is C9H14N2O2. The third-order valence-electron chi connectivity index (χ3n) is 2.55. The molecule has 2 aliphatic rings. The van der Waals surface area contributed by atoms with Gasteiger partial charge in [-0.05, 0) is 19.3 Å². The molecule has 1 amide bonds. The summed E-state index contributed by atoms with van der Waals surface area (Å²) in [6, 6.07) is 0.396. The van der Waals surface area contributed by atoms with Gasteiger partial charge in [0, 0.05) is 19.0 Å². The van der Waals surface area contributed by atoms with Gasteiger partial charge in [0.1, 0.15) is 6.29 Å². The number of hydrogen-bond acceptors (Lipinski definition) is 3. The molecule has 1 heterocycles. The number of aldehydes is 1. The van der Waals surface area contributed by atoms with E-state index in [1.807, 2.05) is 5.01 Å². The number of carbonyl (C=O) groups is 2. The van der Waals surface area contributed by atoms with Crippen molar-refractivity contribution >= 4 is 12.2 Å². The van der Waals surface area contributed by atoms with E-state index >= 15 is 0 Å². The highest BCUT2D eigenvalue weighted by atomic mass is 16.2. The van der Waals surface area contributed by atoms with Crippen molar-refractivity contribution in [1.29, 1.82) is 0 Å². The van der Waals surface area contributed by atoms with Crippen molar-refractivity contribution in [3.05, 3.63) is 0 Å². The van der Waals surface area contributed by atoms with Crippen molar-refractivity contribution in [2.45, 2.75) is 31.7 Å². The zero-order valence-corrected chi connectivity index (χ0v) is 7.61. The fraction of sp³-hybridized carbons (Fsp3) is 0.778. The van der Waals surface area contributed by atoms with E-state index in [4.69, 9.17) is 0 Å². The molecule has 72 valence electrons. The summed E-state index contributed by atoms with van der Waals surface area (Å²) in [7, 11) is 0. The van der Waals surface area contributed by atoms with Gasteiger partial charge >= 0.3 is 0 Å². The molecule has 4 nitrogen and oxygen atoms in total. The topological polar surface area (TPSA) is 40.6 Å². The molecule has 2 rings (SSSR count). The molecule has 13 heavy (non-hydrogen) atoms. The molecule has 2 fully saturated rings. The first-order valence-electron chi connectivity index (χ1n) is 4.83. The van der Waals surface area contributed by atoms with Crippen molar-refractivity contribution in [2.75, 3.05) is 13.1 Å². The molecule has 0 aromatic carbocycles. The van der Waals surface area contributed by atoms with Crippen LogP contribution in [-0.4, -0.2) is 41.3 Å². The minimum Gasteiger partial charge on any atom is -0.302 e. The zero-order chi connectivity index (χ0) is 9.26. The van der Waals surface area contributed by atoms with E-state index in [1.165, 1.54) is 0 Å². The van der Waals surface area contributed by atoms with Gasteiger partial charge in [-0.1, -0.05) is 0 Å². The molecule has 0 radical (unpaired) electrons. The highest BCUT2D eigenvalue weighted by Crippen LogP contribution is 2.30. The van der Waals surface area contributed by atoms with E-state index in [-0.39, 0.29) is 5.91 Å². The van der Waals surface area contributed by atoms with Gasteiger partial charge in [-0.2, -0.15) is 0 Å². The van der Waals surface area contributed by atoms with Crippen LogP contribution < -0.4 is 0 Å². The number of hydrazine groups is 1. The summed E-state index contributed by atoms with van der Waals surface area (Å²) in [5.74, 6) is 0.190. The fourth-order valence-electron chi connectivity index (χ4n) is 1.81. The summed E-state index contributed by atoms with van der Waals surface area (Å²) in [6.07, 6.45) is 4.60. The number of carbonyl (C=O) groups excluding carboxylic acids is 2. The smallest absolute Gasteiger partial charge is 0.237 e. The first-order chi connectivity index (χ1) is 6.33. The maximum atomic E-state index is 11.5. The predicted molar refractivity (Wildman–Crippen MR) is 46.7 cm³/mol. The fourth-order valence-corrected chi connectivity index (χ4v) is 1.81. The maximum Gasteiger partial charge on any atom is 0.237 e. The number of amides is 1. The third-order valence-corrected chi connectivity index (χ3v) is 2.55. The summed E-state index contributed by atoms with van der Waals surface area (Å²) in [4.78, 5) is 21.9. The van der Waals surface area contributed by atoms with Crippen LogP contribution in [0.3, 0.4) is 0 Å². The van der Waals surface area contributed by atoms with Gasteiger partial charge in [0.05, 0.1) is 6.54 Å². The molecule has 0 aromatic rings. The van der Waals surface area contributed by atoms with Crippen LogP contribution in [0, 0.1) is 0 Å². The predicted octanol–water partition coefficient (Wildman–Crippen LogP) is 0.187. The normalized spacial score (nSPS) is 24.9. The summed E-state index contributed by atoms with van der Waals surface area (Å²) in [6.45, 7) is 1.21. The van der Waals surface area contributed by atoms with Crippen LogP contribution in [0.15, 0.2) is 0 Å². The maximum absolute atomic E-state index is 11.5. The lowest BCUT2D eigenvalue weighted by atomic mass is 10.2. The molecule has 1 saturated heterocycles. The molecule has 1 aliphatic heterocycles. The lowest BCUT2D eigenvalue weighted by molar-refractivity contribution is -0.157. The van der Waals surface area contributed by atoms with Crippen LogP contribution in [0.25, 0.3) is 0 Å². The Balaban J connectivity index is 2.04. The highest BCUT2D eigenvalue weighted by Gasteiger charge is 2.38. The molecule has 0 atom stereocenters. The Morgan fingerprint density at radius 3 is 2.85 bits per heavy atom. The van der Waals surface area contributed by atoms with Gasteiger partial charge in [0.25, 0.3) is 0 Å². The Labute approximate surface area is 77.5 Å². The average molecular weight is 182 g/mol. The van der Waals surface area contributed by atoms with E-state index in [1.54, 1.807) is 5.01 Å². The monoisotopic (exact) mass is 182 g/mol. The molecule has 1 aliphatic carbocycles. The van der Waals surface area contributed by atoms with E-state index in [9.17, 15) is 9.59 Å². The SMILES string of the molecule is O=CCN1CCCC(=O)N1C1CC1. The minimum absolute atomic E-state index is 0.190. The largest absolute Gasteiger partial charge is 0.302 e. The quantitative estimate of drug-likeness (QED) is 0.585. The van der Waals surface area contributed by atoms with Gasteiger partial charge in [-0.25, -0.2) is 5.01 Å². The van der Waals surface area contributed by atoms with Gasteiger partial charge in [0.2, 0.25) is 5.91 Å². The molecule has 0 aromatic heterocycles. The Morgan fingerprint density at radius 1 is 1.46 bits per heavy atom. The van der Waals surface area contributed by atoms with Crippen LogP contribution >= 0.6 is 0 Å². The molecule has 0 N–H and O–H groups in total. The van der Waals surface area contributed by atoms with Gasteiger partial charge in [-0.15, -0.1) is 0 Å². The van der Waals surface area contributed by atoms with Gasteiger partial charge in [-0.3, -0.25) is 9.80 Å². The highest BCUT2D eigenvalue weighted by molar-refractivity contribution is 5.77. The van der Waals surface area contributed by atoms with Crippen molar-refractivity contribution in [2.24, 2.45) is 0 Å². The molecule has 0 unspecified atom stereocenters. The lowest BCUT2D eigenvalue weighted by Crippen LogP contribution is -2.52. The van der Waals surface area contributed by atoms with E-state index in [0.29, 0.717) is 19.0 Å². The van der Waals surface area contributed by atoms with Crippen molar-refractivity contribution in [3.8, 4) is 0 Å².